The van der Waals surface area contributed by atoms with Crippen molar-refractivity contribution >= 4 is 0 Å². The molecule has 3 rings (SSSR count). The normalized spacial score (nSPS) is 36.7. The molecule has 1 saturated carbocycles. The highest BCUT2D eigenvalue weighted by molar-refractivity contribution is 4.90. The van der Waals surface area contributed by atoms with E-state index in [9.17, 15) is 0 Å². The first-order chi connectivity index (χ1) is 8.42. The van der Waals surface area contributed by atoms with Crippen LogP contribution < -0.4 is 5.32 Å². The zero-order valence-electron chi connectivity index (χ0n) is 10.9. The second-order valence-corrected chi connectivity index (χ2v) is 6.09. The smallest absolute Gasteiger partial charge is 0.0506 e. The largest absolute Gasteiger partial charge is 0.381 e. The van der Waals surface area contributed by atoms with Crippen LogP contribution in [-0.2, 0) is 4.74 Å². The topological polar surface area (TPSA) is 24.5 Å². The molecule has 2 aliphatic heterocycles. The van der Waals surface area contributed by atoms with E-state index in [1.165, 1.54) is 58.3 Å². The van der Waals surface area contributed by atoms with E-state index in [0.717, 1.165) is 31.1 Å². The molecule has 1 N–H and O–H groups in total. The van der Waals surface area contributed by atoms with Crippen LogP contribution >= 0.6 is 0 Å². The highest BCUT2D eigenvalue weighted by atomic mass is 16.5. The van der Waals surface area contributed by atoms with Gasteiger partial charge >= 0.3 is 0 Å². The van der Waals surface area contributed by atoms with Gasteiger partial charge in [0.2, 0.25) is 0 Å². The third kappa shape index (κ3) is 3.43. The number of hydrogen-bond donors (Lipinski definition) is 1. The molecule has 2 heterocycles. The number of rotatable bonds is 3. The van der Waals surface area contributed by atoms with Crippen LogP contribution in [0.4, 0.5) is 0 Å². The van der Waals surface area contributed by atoms with Crippen molar-refractivity contribution in [3.63, 3.8) is 0 Å². The number of nitrogens with one attached hydrogen (secondary N) is 1. The Balaban J connectivity index is 1.49. The summed E-state index contributed by atoms with van der Waals surface area (Å²) in [7, 11) is 0. The van der Waals surface area contributed by atoms with E-state index in [4.69, 9.17) is 4.74 Å². The standard InChI is InChI=1S/C14H26N2O/c1-3-12(11-17-8-1)9-16-7-2-6-15-14(10-16)13-4-5-13/h12-15H,1-11H2. The Hall–Kier alpha value is -0.120. The molecule has 0 aromatic heterocycles. The summed E-state index contributed by atoms with van der Waals surface area (Å²) in [6.07, 6.45) is 6.87. The quantitative estimate of drug-likeness (QED) is 0.806. The van der Waals surface area contributed by atoms with Crippen molar-refractivity contribution in [3.05, 3.63) is 0 Å². The predicted molar refractivity (Wildman–Crippen MR) is 69.1 cm³/mol. The van der Waals surface area contributed by atoms with E-state index in [-0.39, 0.29) is 0 Å². The first kappa shape index (κ1) is 11.9. The van der Waals surface area contributed by atoms with Crippen LogP contribution in [0.3, 0.4) is 0 Å². The molecule has 1 aliphatic carbocycles. The van der Waals surface area contributed by atoms with Crippen LogP contribution in [0.1, 0.15) is 32.1 Å². The van der Waals surface area contributed by atoms with Gasteiger partial charge in [0, 0.05) is 25.7 Å². The lowest BCUT2D eigenvalue weighted by molar-refractivity contribution is 0.0380. The Morgan fingerprint density at radius 1 is 1.18 bits per heavy atom. The van der Waals surface area contributed by atoms with Gasteiger partial charge < -0.3 is 15.0 Å². The molecule has 3 heteroatoms. The van der Waals surface area contributed by atoms with Gasteiger partial charge in [0.05, 0.1) is 6.61 Å². The van der Waals surface area contributed by atoms with Crippen molar-refractivity contribution in [2.75, 3.05) is 39.4 Å². The minimum atomic E-state index is 0.780. The van der Waals surface area contributed by atoms with E-state index in [0.29, 0.717) is 0 Å². The molecular formula is C14H26N2O. The minimum Gasteiger partial charge on any atom is -0.381 e. The van der Waals surface area contributed by atoms with Crippen LogP contribution in [0.5, 0.6) is 0 Å². The van der Waals surface area contributed by atoms with E-state index >= 15 is 0 Å². The molecule has 3 nitrogen and oxygen atoms in total. The van der Waals surface area contributed by atoms with Crippen molar-refractivity contribution in [1.29, 1.82) is 0 Å². The number of hydrogen-bond acceptors (Lipinski definition) is 3. The van der Waals surface area contributed by atoms with Gasteiger partial charge in [-0.1, -0.05) is 0 Å². The molecule has 0 aromatic rings. The average molecular weight is 238 g/mol. The summed E-state index contributed by atoms with van der Waals surface area (Å²) in [5, 5.41) is 3.74. The molecule has 0 spiro atoms. The molecule has 0 radical (unpaired) electrons. The van der Waals surface area contributed by atoms with Crippen molar-refractivity contribution in [2.24, 2.45) is 11.8 Å². The minimum absolute atomic E-state index is 0.780. The lowest BCUT2D eigenvalue weighted by atomic mass is 10.0. The molecule has 17 heavy (non-hydrogen) atoms. The van der Waals surface area contributed by atoms with Crippen molar-refractivity contribution in [3.8, 4) is 0 Å². The Labute approximate surface area is 105 Å². The molecular weight excluding hydrogens is 212 g/mol. The van der Waals surface area contributed by atoms with Crippen LogP contribution in [0.2, 0.25) is 0 Å². The molecule has 3 aliphatic rings. The Morgan fingerprint density at radius 3 is 2.88 bits per heavy atom. The summed E-state index contributed by atoms with van der Waals surface area (Å²) in [5.74, 6) is 1.78. The molecule has 98 valence electrons. The maximum atomic E-state index is 5.60. The Kier molecular flexibility index (Phi) is 3.99. The van der Waals surface area contributed by atoms with Crippen LogP contribution in [0.15, 0.2) is 0 Å². The summed E-state index contributed by atoms with van der Waals surface area (Å²) in [6, 6.07) is 0.780. The second kappa shape index (κ2) is 5.68. The van der Waals surface area contributed by atoms with Crippen LogP contribution in [0.25, 0.3) is 0 Å². The molecule has 0 amide bonds. The first-order valence-corrected chi connectivity index (χ1v) is 7.45. The van der Waals surface area contributed by atoms with Crippen molar-refractivity contribution in [1.82, 2.24) is 10.2 Å². The van der Waals surface area contributed by atoms with Gasteiger partial charge in [0.1, 0.15) is 0 Å². The highest BCUT2D eigenvalue weighted by Crippen LogP contribution is 2.33. The van der Waals surface area contributed by atoms with E-state index in [1.807, 2.05) is 0 Å². The number of nitrogens with zero attached hydrogens (tertiary/aromatic N) is 1. The van der Waals surface area contributed by atoms with Crippen molar-refractivity contribution in [2.45, 2.75) is 38.1 Å². The fourth-order valence-corrected chi connectivity index (χ4v) is 3.32. The molecule has 2 unspecified atom stereocenters. The first-order valence-electron chi connectivity index (χ1n) is 7.45. The third-order valence-electron chi connectivity index (χ3n) is 4.47. The van der Waals surface area contributed by atoms with Gasteiger partial charge in [-0.05, 0) is 57.0 Å². The zero-order chi connectivity index (χ0) is 11.5. The second-order valence-electron chi connectivity index (χ2n) is 6.09. The monoisotopic (exact) mass is 238 g/mol. The summed E-state index contributed by atoms with van der Waals surface area (Å²) in [6.45, 7) is 7.04. The summed E-state index contributed by atoms with van der Waals surface area (Å²) < 4.78 is 5.60. The average Bonchev–Trinajstić information content (AvgIpc) is 3.16. The van der Waals surface area contributed by atoms with Gasteiger partial charge in [0.15, 0.2) is 0 Å². The zero-order valence-corrected chi connectivity index (χ0v) is 10.9. The molecule has 2 atom stereocenters. The molecule has 3 fully saturated rings. The predicted octanol–water partition coefficient (Wildman–Crippen LogP) is 1.49. The fraction of sp³-hybridized carbons (Fsp3) is 1.00. The maximum absolute atomic E-state index is 5.60. The molecule has 0 aromatic carbocycles. The van der Waals surface area contributed by atoms with Crippen LogP contribution in [-0.4, -0.2) is 50.3 Å². The maximum Gasteiger partial charge on any atom is 0.0506 e. The molecule has 2 saturated heterocycles. The van der Waals surface area contributed by atoms with Gasteiger partial charge in [-0.25, -0.2) is 0 Å². The van der Waals surface area contributed by atoms with E-state index in [2.05, 4.69) is 10.2 Å². The summed E-state index contributed by atoms with van der Waals surface area (Å²) >= 11 is 0. The van der Waals surface area contributed by atoms with Gasteiger partial charge in [0.25, 0.3) is 0 Å². The van der Waals surface area contributed by atoms with Gasteiger partial charge in [-0.2, -0.15) is 0 Å². The number of ether oxygens (including phenoxy) is 1. The van der Waals surface area contributed by atoms with E-state index < -0.39 is 0 Å². The third-order valence-corrected chi connectivity index (χ3v) is 4.47. The lowest BCUT2D eigenvalue weighted by Gasteiger charge is -2.30. The van der Waals surface area contributed by atoms with Gasteiger partial charge in [-0.15, -0.1) is 0 Å². The lowest BCUT2D eigenvalue weighted by Crippen LogP contribution is -2.41. The Morgan fingerprint density at radius 2 is 2.12 bits per heavy atom. The van der Waals surface area contributed by atoms with Gasteiger partial charge in [-0.3, -0.25) is 0 Å². The van der Waals surface area contributed by atoms with Crippen molar-refractivity contribution < 1.29 is 4.74 Å². The SMILES string of the molecule is C1COCC(CN2CCCNC(C3CC3)C2)C1. The highest BCUT2D eigenvalue weighted by Gasteiger charge is 2.33. The van der Waals surface area contributed by atoms with Crippen LogP contribution in [0, 0.1) is 11.8 Å². The summed E-state index contributed by atoms with van der Waals surface area (Å²) in [4.78, 5) is 2.70. The fourth-order valence-electron chi connectivity index (χ4n) is 3.32. The Bertz CT molecular complexity index is 236. The molecule has 0 bridgehead atoms. The summed E-state index contributed by atoms with van der Waals surface area (Å²) in [5.41, 5.74) is 0. The van der Waals surface area contributed by atoms with E-state index in [1.54, 1.807) is 0 Å².